The zero-order chi connectivity index (χ0) is 16.6. The molecule has 0 spiro atoms. The first kappa shape index (κ1) is 15.6. The Morgan fingerprint density at radius 1 is 1.22 bits per heavy atom. The summed E-state index contributed by atoms with van der Waals surface area (Å²) in [6.07, 6.45) is 0.537. The number of sulfone groups is 1. The van der Waals surface area contributed by atoms with Gasteiger partial charge in [0.2, 0.25) is 5.95 Å². The van der Waals surface area contributed by atoms with E-state index in [2.05, 4.69) is 15.3 Å². The van der Waals surface area contributed by atoms with Gasteiger partial charge in [-0.2, -0.15) is 4.98 Å². The molecule has 0 saturated carbocycles. The van der Waals surface area contributed by atoms with E-state index < -0.39 is 9.84 Å². The SMILES string of the molecule is COc1cc2nc(N[C@@H]3CCS(=O)(=O)C3)nc(N)c2cc1OC. The van der Waals surface area contributed by atoms with Gasteiger partial charge in [-0.15, -0.1) is 0 Å². The van der Waals surface area contributed by atoms with Gasteiger partial charge in [-0.3, -0.25) is 0 Å². The summed E-state index contributed by atoms with van der Waals surface area (Å²) in [6.45, 7) is 0. The minimum atomic E-state index is -2.97. The van der Waals surface area contributed by atoms with Crippen LogP contribution in [0.4, 0.5) is 11.8 Å². The molecule has 2 aromatic rings. The Hall–Kier alpha value is -2.29. The second-order valence-electron chi connectivity index (χ2n) is 5.40. The van der Waals surface area contributed by atoms with Gasteiger partial charge in [0.1, 0.15) is 5.82 Å². The number of hydrogen-bond donors (Lipinski definition) is 2. The maximum Gasteiger partial charge on any atom is 0.225 e. The smallest absolute Gasteiger partial charge is 0.225 e. The fourth-order valence-electron chi connectivity index (χ4n) is 2.64. The fourth-order valence-corrected chi connectivity index (χ4v) is 4.31. The maximum atomic E-state index is 11.5. The van der Waals surface area contributed by atoms with Crippen LogP contribution in [0.1, 0.15) is 6.42 Å². The lowest BCUT2D eigenvalue weighted by atomic mass is 10.2. The summed E-state index contributed by atoms with van der Waals surface area (Å²) < 4.78 is 33.6. The van der Waals surface area contributed by atoms with Crippen LogP contribution in [0.2, 0.25) is 0 Å². The van der Waals surface area contributed by atoms with Crippen molar-refractivity contribution < 1.29 is 17.9 Å². The molecule has 23 heavy (non-hydrogen) atoms. The highest BCUT2D eigenvalue weighted by Gasteiger charge is 2.28. The van der Waals surface area contributed by atoms with Gasteiger partial charge in [0.05, 0.1) is 31.2 Å². The van der Waals surface area contributed by atoms with Crippen LogP contribution < -0.4 is 20.5 Å². The van der Waals surface area contributed by atoms with Crippen molar-refractivity contribution in [3.05, 3.63) is 12.1 Å². The van der Waals surface area contributed by atoms with E-state index in [0.717, 1.165) is 0 Å². The van der Waals surface area contributed by atoms with Gasteiger partial charge in [0.25, 0.3) is 0 Å². The van der Waals surface area contributed by atoms with Crippen molar-refractivity contribution in [3.8, 4) is 11.5 Å². The Kier molecular flexibility index (Phi) is 3.88. The third kappa shape index (κ3) is 3.09. The Morgan fingerprint density at radius 2 is 1.91 bits per heavy atom. The van der Waals surface area contributed by atoms with Crippen LogP contribution in [0, 0.1) is 0 Å². The van der Waals surface area contributed by atoms with Crippen molar-refractivity contribution >= 4 is 32.5 Å². The van der Waals surface area contributed by atoms with E-state index in [1.54, 1.807) is 12.1 Å². The van der Waals surface area contributed by atoms with E-state index in [-0.39, 0.29) is 17.5 Å². The van der Waals surface area contributed by atoms with Crippen molar-refractivity contribution in [2.45, 2.75) is 12.5 Å². The van der Waals surface area contributed by atoms with E-state index in [1.807, 2.05) is 0 Å². The largest absolute Gasteiger partial charge is 0.493 e. The molecule has 8 nitrogen and oxygen atoms in total. The summed E-state index contributed by atoms with van der Waals surface area (Å²) in [4.78, 5) is 8.61. The Labute approximate surface area is 133 Å². The summed E-state index contributed by atoms with van der Waals surface area (Å²) in [7, 11) is 0.104. The number of nitrogens with zero attached hydrogens (tertiary/aromatic N) is 2. The third-order valence-electron chi connectivity index (χ3n) is 3.80. The number of nitrogen functional groups attached to an aromatic ring is 1. The average molecular weight is 338 g/mol. The second kappa shape index (κ2) is 5.73. The monoisotopic (exact) mass is 338 g/mol. The van der Waals surface area contributed by atoms with Crippen LogP contribution in [-0.2, 0) is 9.84 Å². The summed E-state index contributed by atoms with van der Waals surface area (Å²) in [6, 6.07) is 3.23. The Balaban J connectivity index is 1.97. The predicted octanol–water partition coefficient (Wildman–Crippen LogP) is 0.828. The second-order valence-corrected chi connectivity index (χ2v) is 7.63. The molecule has 3 rings (SSSR count). The van der Waals surface area contributed by atoms with Gasteiger partial charge < -0.3 is 20.5 Å². The fraction of sp³-hybridized carbons (Fsp3) is 0.429. The van der Waals surface area contributed by atoms with Gasteiger partial charge in [0, 0.05) is 17.5 Å². The van der Waals surface area contributed by atoms with Crippen molar-refractivity contribution in [1.29, 1.82) is 0 Å². The van der Waals surface area contributed by atoms with Crippen LogP contribution in [0.15, 0.2) is 12.1 Å². The van der Waals surface area contributed by atoms with E-state index in [4.69, 9.17) is 15.2 Å². The molecular formula is C14H18N4O4S. The first-order chi connectivity index (χ1) is 10.9. The van der Waals surface area contributed by atoms with Crippen LogP contribution in [0.5, 0.6) is 11.5 Å². The van der Waals surface area contributed by atoms with Crippen LogP contribution in [0.3, 0.4) is 0 Å². The quantitative estimate of drug-likeness (QED) is 0.842. The zero-order valence-electron chi connectivity index (χ0n) is 12.9. The van der Waals surface area contributed by atoms with Gasteiger partial charge in [0.15, 0.2) is 21.3 Å². The van der Waals surface area contributed by atoms with Crippen molar-refractivity contribution in [3.63, 3.8) is 0 Å². The number of anilines is 2. The molecule has 3 N–H and O–H groups in total. The van der Waals surface area contributed by atoms with Gasteiger partial charge in [-0.25, -0.2) is 13.4 Å². The molecule has 1 fully saturated rings. The highest BCUT2D eigenvalue weighted by atomic mass is 32.2. The summed E-state index contributed by atoms with van der Waals surface area (Å²) in [5, 5.41) is 3.69. The molecule has 1 aromatic heterocycles. The highest BCUT2D eigenvalue weighted by molar-refractivity contribution is 7.91. The first-order valence-electron chi connectivity index (χ1n) is 7.08. The number of rotatable bonds is 4. The van der Waals surface area contributed by atoms with Crippen molar-refractivity contribution in [2.24, 2.45) is 0 Å². The molecule has 2 heterocycles. The number of fused-ring (bicyclic) bond motifs is 1. The predicted molar refractivity (Wildman–Crippen MR) is 87.7 cm³/mol. The number of benzene rings is 1. The number of aromatic nitrogens is 2. The molecule has 0 unspecified atom stereocenters. The first-order valence-corrected chi connectivity index (χ1v) is 8.90. The number of nitrogens with two attached hydrogens (primary N) is 1. The maximum absolute atomic E-state index is 11.5. The lowest BCUT2D eigenvalue weighted by Gasteiger charge is -2.13. The molecule has 1 aliphatic rings. The van der Waals surface area contributed by atoms with Crippen LogP contribution in [-0.4, -0.2) is 50.2 Å². The standard InChI is InChI=1S/C14H18N4O4S/c1-21-11-5-9-10(6-12(11)22-2)17-14(18-13(9)15)16-8-3-4-23(19,20)7-8/h5-6,8H,3-4,7H2,1-2H3,(H3,15,16,17,18)/t8-/m1/s1. The molecular weight excluding hydrogens is 320 g/mol. The minimum absolute atomic E-state index is 0.0836. The molecule has 9 heteroatoms. The molecule has 0 aliphatic carbocycles. The van der Waals surface area contributed by atoms with E-state index in [1.165, 1.54) is 14.2 Å². The molecule has 1 aliphatic heterocycles. The summed E-state index contributed by atoms with van der Waals surface area (Å²) in [5.74, 6) is 1.94. The normalized spacial score (nSPS) is 19.7. The van der Waals surface area contributed by atoms with Gasteiger partial charge in [-0.05, 0) is 12.5 Å². The van der Waals surface area contributed by atoms with E-state index in [9.17, 15) is 8.42 Å². The highest BCUT2D eigenvalue weighted by Crippen LogP contribution is 2.33. The number of ether oxygens (including phenoxy) is 2. The summed E-state index contributed by atoms with van der Waals surface area (Å²) in [5.41, 5.74) is 6.59. The van der Waals surface area contributed by atoms with Crippen molar-refractivity contribution in [1.82, 2.24) is 9.97 Å². The lowest BCUT2D eigenvalue weighted by molar-refractivity contribution is 0.356. The molecule has 124 valence electrons. The van der Waals surface area contributed by atoms with Gasteiger partial charge in [-0.1, -0.05) is 0 Å². The average Bonchev–Trinajstić information content (AvgIpc) is 2.84. The third-order valence-corrected chi connectivity index (χ3v) is 5.56. The molecule has 0 amide bonds. The van der Waals surface area contributed by atoms with E-state index >= 15 is 0 Å². The lowest BCUT2D eigenvalue weighted by Crippen LogP contribution is -2.22. The van der Waals surface area contributed by atoms with E-state index in [0.29, 0.717) is 40.6 Å². The topological polar surface area (TPSA) is 116 Å². The van der Waals surface area contributed by atoms with Gasteiger partial charge >= 0.3 is 0 Å². The van der Waals surface area contributed by atoms with Crippen LogP contribution >= 0.6 is 0 Å². The van der Waals surface area contributed by atoms with Crippen LogP contribution in [0.25, 0.3) is 10.9 Å². The number of nitrogens with one attached hydrogen (secondary N) is 1. The number of hydrogen-bond acceptors (Lipinski definition) is 8. The molecule has 0 radical (unpaired) electrons. The molecule has 1 saturated heterocycles. The summed E-state index contributed by atoms with van der Waals surface area (Å²) >= 11 is 0. The molecule has 1 aromatic carbocycles. The zero-order valence-corrected chi connectivity index (χ0v) is 13.7. The number of methoxy groups -OCH3 is 2. The minimum Gasteiger partial charge on any atom is -0.493 e. The molecule has 0 bridgehead atoms. The Bertz CT molecular complexity index is 853. The molecule has 1 atom stereocenters. The Morgan fingerprint density at radius 3 is 2.52 bits per heavy atom. The van der Waals surface area contributed by atoms with Crippen molar-refractivity contribution in [2.75, 3.05) is 36.8 Å².